The first-order valence-corrected chi connectivity index (χ1v) is 17.6. The van der Waals surface area contributed by atoms with Crippen LogP contribution in [-0.2, 0) is 25.6 Å². The van der Waals surface area contributed by atoms with Gasteiger partial charge in [0.1, 0.15) is 31.3 Å². The predicted octanol–water partition coefficient (Wildman–Crippen LogP) is 3.97. The number of carbonyl (C=O) groups is 5. The molecule has 49 heavy (non-hydrogen) atoms. The van der Waals surface area contributed by atoms with Crippen molar-refractivity contribution in [3.05, 3.63) is 71.9 Å². The summed E-state index contributed by atoms with van der Waals surface area (Å²) >= 11 is 0. The lowest BCUT2D eigenvalue weighted by atomic mass is 9.93. The highest BCUT2D eigenvalue weighted by atomic mass is 16.6. The smallest absolute Gasteiger partial charge is 0.246 e. The zero-order valence-corrected chi connectivity index (χ0v) is 28.8. The summed E-state index contributed by atoms with van der Waals surface area (Å²) in [4.78, 5) is 75.8. The van der Waals surface area contributed by atoms with Gasteiger partial charge < -0.3 is 25.7 Å². The molecule has 3 heterocycles. The summed E-state index contributed by atoms with van der Waals surface area (Å²) < 4.78 is 1.62. The van der Waals surface area contributed by atoms with Crippen molar-refractivity contribution in [2.75, 3.05) is 13.7 Å². The predicted molar refractivity (Wildman–Crippen MR) is 187 cm³/mol. The molecular formula is C38H49N5O6. The van der Waals surface area contributed by atoms with Gasteiger partial charge in [-0.25, -0.2) is 0 Å². The molecule has 0 spiro atoms. The van der Waals surface area contributed by atoms with E-state index in [0.29, 0.717) is 57.1 Å². The molecule has 4 amide bonds. The maximum atomic E-state index is 14.1. The highest BCUT2D eigenvalue weighted by Gasteiger charge is 2.41. The van der Waals surface area contributed by atoms with Gasteiger partial charge in [-0.2, -0.15) is 4.73 Å². The van der Waals surface area contributed by atoms with E-state index in [1.54, 1.807) is 35.1 Å². The molecule has 1 unspecified atom stereocenters. The van der Waals surface area contributed by atoms with Gasteiger partial charge in [0, 0.05) is 36.5 Å². The Morgan fingerprint density at radius 1 is 0.878 bits per heavy atom. The van der Waals surface area contributed by atoms with Crippen LogP contribution in [0.15, 0.2) is 60.8 Å². The second-order valence-corrected chi connectivity index (χ2v) is 13.3. The van der Waals surface area contributed by atoms with Crippen molar-refractivity contribution in [1.29, 1.82) is 0 Å². The fourth-order valence-corrected chi connectivity index (χ4v) is 6.93. The number of ketones is 1. The number of nitrogens with zero attached hydrogens (tertiary/aromatic N) is 2. The number of hydrogen-bond acceptors (Lipinski definition) is 6. The standard InChI is InChI=1S/C38H49N5O6/c1-4-25(2)34-38(48)42-22-14-13-20-32(42)37(47)39-29(18-9-6-10-21-33(44)26-15-7-5-8-16-26)35(45)40-30(36(46)41-34)23-27-24-43(49-3)31-19-12-11-17-28(27)31/h5,7-8,11-12,15-17,19,24-25,29-30,32,34H,4,6,9-10,13-14,18,20-23H2,1-3H3,(H,39,47)(H,40,45)(H,41,46)/t25?,29-,30-,32+,34-/m0/s1. The fraction of sp³-hybridized carbons (Fsp3) is 0.500. The van der Waals surface area contributed by atoms with Gasteiger partial charge in [-0.1, -0.05) is 81.6 Å². The van der Waals surface area contributed by atoms with Crippen LogP contribution < -0.4 is 20.8 Å². The number of nitrogens with one attached hydrogen (secondary N) is 3. The van der Waals surface area contributed by atoms with Crippen LogP contribution in [0.5, 0.6) is 0 Å². The van der Waals surface area contributed by atoms with Crippen molar-refractivity contribution in [2.45, 2.75) is 102 Å². The molecule has 0 saturated carbocycles. The third kappa shape index (κ3) is 8.50. The van der Waals surface area contributed by atoms with E-state index < -0.39 is 36.0 Å². The average molecular weight is 672 g/mol. The molecule has 2 aliphatic heterocycles. The van der Waals surface area contributed by atoms with E-state index in [1.807, 2.05) is 56.3 Å². The van der Waals surface area contributed by atoms with Crippen molar-refractivity contribution in [1.82, 2.24) is 25.6 Å². The molecular weight excluding hydrogens is 622 g/mol. The first-order chi connectivity index (χ1) is 23.7. The van der Waals surface area contributed by atoms with Crippen LogP contribution in [0.1, 0.15) is 87.6 Å². The largest absolute Gasteiger partial charge is 0.417 e. The minimum atomic E-state index is -1.03. The number of fused-ring (bicyclic) bond motifs is 2. The van der Waals surface area contributed by atoms with E-state index in [-0.39, 0.29) is 29.9 Å². The molecule has 262 valence electrons. The summed E-state index contributed by atoms with van der Waals surface area (Å²) in [7, 11) is 1.56. The maximum Gasteiger partial charge on any atom is 0.246 e. The van der Waals surface area contributed by atoms with Crippen molar-refractivity contribution >= 4 is 40.3 Å². The van der Waals surface area contributed by atoms with Crippen LogP contribution in [0.25, 0.3) is 10.9 Å². The zero-order valence-electron chi connectivity index (χ0n) is 28.8. The summed E-state index contributed by atoms with van der Waals surface area (Å²) in [5.74, 6) is -1.68. The number of amides is 4. The lowest BCUT2D eigenvalue weighted by Gasteiger charge is -2.39. The quantitative estimate of drug-likeness (QED) is 0.197. The van der Waals surface area contributed by atoms with E-state index in [2.05, 4.69) is 16.0 Å². The average Bonchev–Trinajstić information content (AvgIpc) is 3.49. The molecule has 5 rings (SSSR count). The number of benzene rings is 2. The van der Waals surface area contributed by atoms with Crippen LogP contribution in [-0.4, -0.2) is 76.9 Å². The minimum absolute atomic E-state index is 0.0686. The molecule has 2 fully saturated rings. The summed E-state index contributed by atoms with van der Waals surface area (Å²) in [6.45, 7) is 4.28. The molecule has 0 radical (unpaired) electrons. The van der Waals surface area contributed by atoms with Crippen LogP contribution in [0.3, 0.4) is 0 Å². The Bertz CT molecular complexity index is 1640. The van der Waals surface area contributed by atoms with E-state index in [9.17, 15) is 24.0 Å². The first-order valence-electron chi connectivity index (χ1n) is 17.6. The summed E-state index contributed by atoms with van der Waals surface area (Å²) in [6, 6.07) is 13.3. The normalized spacial score (nSPS) is 22.6. The number of carbonyl (C=O) groups excluding carboxylic acids is 5. The molecule has 3 aromatic rings. The Morgan fingerprint density at radius 3 is 2.35 bits per heavy atom. The lowest BCUT2D eigenvalue weighted by Crippen LogP contribution is -2.64. The molecule has 3 N–H and O–H groups in total. The Balaban J connectivity index is 1.39. The summed E-state index contributed by atoms with van der Waals surface area (Å²) in [6.07, 6.45) is 7.24. The summed E-state index contributed by atoms with van der Waals surface area (Å²) in [5.41, 5.74) is 2.28. The van der Waals surface area contributed by atoms with E-state index >= 15 is 0 Å². The monoisotopic (exact) mass is 671 g/mol. The van der Waals surface area contributed by atoms with Crippen LogP contribution in [0, 0.1) is 5.92 Å². The Kier molecular flexibility index (Phi) is 12.1. The number of Topliss-reactive ketones (excluding diaryl/α,β-unsaturated/α-hetero) is 1. The minimum Gasteiger partial charge on any atom is -0.417 e. The lowest BCUT2D eigenvalue weighted by molar-refractivity contribution is -0.147. The van der Waals surface area contributed by atoms with E-state index in [0.717, 1.165) is 29.3 Å². The number of unbranched alkanes of at least 4 members (excludes halogenated alkanes) is 2. The van der Waals surface area contributed by atoms with Crippen molar-refractivity contribution in [3.8, 4) is 0 Å². The molecule has 1 aromatic heterocycles. The van der Waals surface area contributed by atoms with Crippen molar-refractivity contribution in [3.63, 3.8) is 0 Å². The number of piperidine rings is 1. The van der Waals surface area contributed by atoms with Crippen molar-refractivity contribution in [2.24, 2.45) is 5.92 Å². The summed E-state index contributed by atoms with van der Waals surface area (Å²) in [5, 5.41) is 9.78. The second-order valence-electron chi connectivity index (χ2n) is 13.3. The van der Waals surface area contributed by atoms with Gasteiger partial charge in [-0.05, 0) is 49.7 Å². The fourth-order valence-electron chi connectivity index (χ4n) is 6.93. The van der Waals surface area contributed by atoms with Gasteiger partial charge in [0.05, 0.1) is 5.52 Å². The molecule has 2 aliphatic rings. The van der Waals surface area contributed by atoms with Crippen LogP contribution in [0.4, 0.5) is 0 Å². The van der Waals surface area contributed by atoms with E-state index in [1.165, 1.54) is 0 Å². The zero-order chi connectivity index (χ0) is 34.9. The first kappa shape index (κ1) is 35.6. The molecule has 11 heteroatoms. The highest BCUT2D eigenvalue weighted by Crippen LogP contribution is 2.24. The van der Waals surface area contributed by atoms with Gasteiger partial charge in [0.2, 0.25) is 23.6 Å². The maximum absolute atomic E-state index is 14.1. The Hall–Kier alpha value is -4.67. The van der Waals surface area contributed by atoms with Gasteiger partial charge in [-0.15, -0.1) is 0 Å². The number of hydrogen-bond donors (Lipinski definition) is 3. The molecule has 0 bridgehead atoms. The van der Waals surface area contributed by atoms with Gasteiger partial charge in [0.25, 0.3) is 0 Å². The van der Waals surface area contributed by atoms with Crippen LogP contribution in [0.2, 0.25) is 0 Å². The Labute approximate surface area is 288 Å². The van der Waals surface area contributed by atoms with E-state index in [4.69, 9.17) is 4.84 Å². The number of para-hydroxylation sites is 1. The topological polar surface area (TPSA) is 139 Å². The van der Waals surface area contributed by atoms with Gasteiger partial charge >= 0.3 is 0 Å². The SMILES string of the molecule is CCC(C)[C@@H]1NC(=O)[C@H](Cc2cn(OC)c3ccccc23)NC(=O)[C@H](CCCCCC(=O)c2ccccc2)NC(=O)[C@H]2CCCCN2C1=O. The molecule has 11 nitrogen and oxygen atoms in total. The number of aromatic nitrogens is 1. The Morgan fingerprint density at radius 2 is 1.59 bits per heavy atom. The third-order valence-electron chi connectivity index (χ3n) is 10.0. The second kappa shape index (κ2) is 16.6. The molecule has 0 aliphatic carbocycles. The van der Waals surface area contributed by atoms with Gasteiger partial charge in [0.15, 0.2) is 5.78 Å². The molecule has 2 aromatic carbocycles. The molecule has 2 saturated heterocycles. The number of rotatable bonds is 12. The highest BCUT2D eigenvalue weighted by molar-refractivity contribution is 5.98. The van der Waals surface area contributed by atoms with Crippen LogP contribution >= 0.6 is 0 Å². The third-order valence-corrected chi connectivity index (χ3v) is 10.0. The van der Waals surface area contributed by atoms with Gasteiger partial charge in [-0.3, -0.25) is 24.0 Å². The van der Waals surface area contributed by atoms with Crippen molar-refractivity contribution < 1.29 is 28.8 Å². The molecule has 5 atom stereocenters.